The highest BCUT2D eigenvalue weighted by atomic mass is 35.5. The molecule has 0 fully saturated rings. The zero-order chi connectivity index (χ0) is 7.98. The van der Waals surface area contributed by atoms with E-state index in [4.69, 9.17) is 16.7 Å². The van der Waals surface area contributed by atoms with Crippen LogP contribution >= 0.6 is 11.6 Å². The molecule has 0 atom stereocenters. The fourth-order valence-electron chi connectivity index (χ4n) is 0.383. The smallest absolute Gasteiger partial charge is 0.303 e. The second-order valence-corrected chi connectivity index (χ2v) is 2.01. The maximum Gasteiger partial charge on any atom is 0.303 e. The maximum absolute atomic E-state index is 10.0. The van der Waals surface area contributed by atoms with E-state index >= 15 is 0 Å². The molecule has 4 heteroatoms. The molecule has 0 rings (SSSR count). The molecule has 0 unspecified atom stereocenters. The summed E-state index contributed by atoms with van der Waals surface area (Å²) in [6.07, 6.45) is 2.95. The number of carbonyl (C=O) groups is 2. The first-order valence-electron chi connectivity index (χ1n) is 2.70. The lowest BCUT2D eigenvalue weighted by Crippen LogP contribution is -1.91. The van der Waals surface area contributed by atoms with Gasteiger partial charge in [0.1, 0.15) is 0 Å². The van der Waals surface area contributed by atoms with Gasteiger partial charge in [0.2, 0.25) is 5.24 Å². The Hall–Kier alpha value is -0.830. The summed E-state index contributed by atoms with van der Waals surface area (Å²) in [6, 6.07) is 0. The van der Waals surface area contributed by atoms with Crippen molar-refractivity contribution in [1.29, 1.82) is 0 Å². The molecule has 0 aromatic rings. The summed E-state index contributed by atoms with van der Waals surface area (Å²) in [7, 11) is 0. The predicted octanol–water partition coefficient (Wildman–Crippen LogP) is 1.17. The minimum absolute atomic E-state index is 0.0284. The lowest BCUT2D eigenvalue weighted by atomic mass is 10.3. The molecule has 0 aliphatic heterocycles. The van der Waals surface area contributed by atoms with E-state index in [9.17, 15) is 9.59 Å². The molecule has 0 radical (unpaired) electrons. The number of carbonyl (C=O) groups excluding carboxylic acids is 1. The van der Waals surface area contributed by atoms with Crippen LogP contribution in [0, 0.1) is 0 Å². The van der Waals surface area contributed by atoms with Gasteiger partial charge in [-0.15, -0.1) is 0 Å². The van der Waals surface area contributed by atoms with Gasteiger partial charge in [0, 0.05) is 6.42 Å². The zero-order valence-electron chi connectivity index (χ0n) is 5.21. The number of hydrogen-bond donors (Lipinski definition) is 1. The summed E-state index contributed by atoms with van der Waals surface area (Å²) >= 11 is 4.92. The third-order valence-corrected chi connectivity index (χ3v) is 0.900. The summed E-state index contributed by atoms with van der Waals surface area (Å²) in [5, 5.41) is 7.55. The van der Waals surface area contributed by atoms with Gasteiger partial charge in [-0.25, -0.2) is 0 Å². The molecule has 3 nitrogen and oxygen atoms in total. The monoisotopic (exact) mass is 162 g/mol. The Bertz CT molecular complexity index is 162. The average molecular weight is 163 g/mol. The van der Waals surface area contributed by atoms with Crippen LogP contribution in [0.5, 0.6) is 0 Å². The highest BCUT2D eigenvalue weighted by Gasteiger charge is 1.92. The lowest BCUT2D eigenvalue weighted by Gasteiger charge is -1.84. The van der Waals surface area contributed by atoms with Gasteiger partial charge in [0.15, 0.2) is 0 Å². The Morgan fingerprint density at radius 1 is 1.50 bits per heavy atom. The highest BCUT2D eigenvalue weighted by Crippen LogP contribution is 1.91. The number of allylic oxidation sites excluding steroid dienone is 2. The SMILES string of the molecule is O=C(Cl)/C=C/CCC(=O)O. The van der Waals surface area contributed by atoms with E-state index in [1.165, 1.54) is 6.08 Å². The minimum atomic E-state index is -0.883. The Morgan fingerprint density at radius 3 is 2.50 bits per heavy atom. The third-order valence-electron chi connectivity index (χ3n) is 0.774. The fourth-order valence-corrected chi connectivity index (χ4v) is 0.472. The summed E-state index contributed by atoms with van der Waals surface area (Å²) in [6.45, 7) is 0. The van der Waals surface area contributed by atoms with Crippen LogP contribution < -0.4 is 0 Å². The number of carboxylic acids is 1. The first kappa shape index (κ1) is 9.17. The molecule has 0 bridgehead atoms. The number of halogens is 1. The van der Waals surface area contributed by atoms with Crippen molar-refractivity contribution in [3.63, 3.8) is 0 Å². The van der Waals surface area contributed by atoms with Crippen LogP contribution in [-0.4, -0.2) is 16.3 Å². The van der Waals surface area contributed by atoms with E-state index < -0.39 is 11.2 Å². The number of aliphatic carboxylic acids is 1. The van der Waals surface area contributed by atoms with Crippen molar-refractivity contribution in [2.45, 2.75) is 12.8 Å². The Labute approximate surface area is 63.3 Å². The van der Waals surface area contributed by atoms with Crippen molar-refractivity contribution in [3.8, 4) is 0 Å². The quantitative estimate of drug-likeness (QED) is 0.499. The van der Waals surface area contributed by atoms with Gasteiger partial charge in [-0.1, -0.05) is 6.08 Å². The topological polar surface area (TPSA) is 54.4 Å². The third kappa shape index (κ3) is 7.17. The van der Waals surface area contributed by atoms with Gasteiger partial charge in [0.05, 0.1) is 0 Å². The molecule has 0 spiro atoms. The Balaban J connectivity index is 3.36. The fraction of sp³-hybridized carbons (Fsp3) is 0.333. The molecular formula is C6H7ClO3. The van der Waals surface area contributed by atoms with Crippen molar-refractivity contribution in [2.75, 3.05) is 0 Å². The molecule has 0 saturated heterocycles. The molecule has 0 amide bonds. The van der Waals surface area contributed by atoms with Crippen LogP contribution in [0.25, 0.3) is 0 Å². The van der Waals surface area contributed by atoms with E-state index in [1.54, 1.807) is 0 Å². The Morgan fingerprint density at radius 2 is 2.10 bits per heavy atom. The van der Waals surface area contributed by atoms with Crippen LogP contribution in [0.4, 0.5) is 0 Å². The van der Waals surface area contributed by atoms with Gasteiger partial charge >= 0.3 is 5.97 Å². The molecule has 56 valence electrons. The first-order chi connectivity index (χ1) is 4.63. The minimum Gasteiger partial charge on any atom is -0.481 e. The van der Waals surface area contributed by atoms with Crippen molar-refractivity contribution in [1.82, 2.24) is 0 Å². The summed E-state index contributed by atoms with van der Waals surface area (Å²) in [5.41, 5.74) is 0. The van der Waals surface area contributed by atoms with E-state index in [0.29, 0.717) is 6.42 Å². The standard InChI is InChI=1S/C6H7ClO3/c7-5(8)3-1-2-4-6(9)10/h1,3H,2,4H2,(H,9,10)/b3-1+. The molecule has 0 aromatic heterocycles. The Kier molecular flexibility index (Phi) is 4.58. The van der Waals surface area contributed by atoms with Crippen molar-refractivity contribution < 1.29 is 14.7 Å². The molecule has 0 heterocycles. The van der Waals surface area contributed by atoms with Crippen LogP contribution in [0.3, 0.4) is 0 Å². The normalized spacial score (nSPS) is 10.1. The molecule has 1 N–H and O–H groups in total. The molecular weight excluding hydrogens is 156 g/mol. The van der Waals surface area contributed by atoms with Crippen molar-refractivity contribution in [2.24, 2.45) is 0 Å². The maximum atomic E-state index is 10.0. The first-order valence-corrected chi connectivity index (χ1v) is 3.08. The largest absolute Gasteiger partial charge is 0.481 e. The summed E-state index contributed by atoms with van der Waals surface area (Å²) < 4.78 is 0. The zero-order valence-corrected chi connectivity index (χ0v) is 5.97. The molecule has 0 aromatic carbocycles. The van der Waals surface area contributed by atoms with E-state index in [-0.39, 0.29) is 6.42 Å². The summed E-state index contributed by atoms with van der Waals surface area (Å²) in [4.78, 5) is 19.9. The molecule has 0 saturated carbocycles. The molecule has 0 aliphatic rings. The van der Waals surface area contributed by atoms with Gasteiger partial charge < -0.3 is 5.11 Å². The van der Waals surface area contributed by atoms with Gasteiger partial charge in [-0.05, 0) is 24.1 Å². The van der Waals surface area contributed by atoms with Crippen LogP contribution in [0.1, 0.15) is 12.8 Å². The highest BCUT2D eigenvalue weighted by molar-refractivity contribution is 6.66. The van der Waals surface area contributed by atoms with Crippen LogP contribution in [0.2, 0.25) is 0 Å². The molecule has 10 heavy (non-hydrogen) atoms. The van der Waals surface area contributed by atoms with E-state index in [2.05, 4.69) is 0 Å². The van der Waals surface area contributed by atoms with Gasteiger partial charge in [-0.2, -0.15) is 0 Å². The van der Waals surface area contributed by atoms with Crippen LogP contribution in [-0.2, 0) is 9.59 Å². The van der Waals surface area contributed by atoms with Crippen LogP contribution in [0.15, 0.2) is 12.2 Å². The van der Waals surface area contributed by atoms with Crippen molar-refractivity contribution >= 4 is 22.8 Å². The van der Waals surface area contributed by atoms with E-state index in [0.717, 1.165) is 6.08 Å². The second-order valence-electron chi connectivity index (χ2n) is 1.64. The van der Waals surface area contributed by atoms with Gasteiger partial charge in [0.25, 0.3) is 0 Å². The van der Waals surface area contributed by atoms with Gasteiger partial charge in [-0.3, -0.25) is 9.59 Å². The molecule has 0 aliphatic carbocycles. The van der Waals surface area contributed by atoms with E-state index in [1.807, 2.05) is 0 Å². The number of rotatable bonds is 4. The van der Waals surface area contributed by atoms with Crippen molar-refractivity contribution in [3.05, 3.63) is 12.2 Å². The second kappa shape index (κ2) is 4.99. The number of carboxylic acid groups (broad SMARTS) is 1. The predicted molar refractivity (Wildman–Crippen MR) is 36.9 cm³/mol. The summed E-state index contributed by atoms with van der Waals surface area (Å²) in [5.74, 6) is -0.883. The number of hydrogen-bond acceptors (Lipinski definition) is 2. The lowest BCUT2D eigenvalue weighted by molar-refractivity contribution is -0.136. The average Bonchev–Trinajstić information content (AvgIpc) is 1.79.